The highest BCUT2D eigenvalue weighted by atomic mass is 35.5. The number of phenolic OH excluding ortho intramolecular Hbond substituents is 1. The summed E-state index contributed by atoms with van der Waals surface area (Å²) in [6, 6.07) is 3.23. The van der Waals surface area contributed by atoms with Crippen molar-refractivity contribution in [1.82, 2.24) is 0 Å². The maximum atomic E-state index is 9.56. The average Bonchev–Trinajstić information content (AvgIpc) is 2.21. The maximum absolute atomic E-state index is 9.56. The smallest absolute Gasteiger partial charge is 0.177 e. The molecule has 1 atom stereocenters. The fourth-order valence-corrected chi connectivity index (χ4v) is 1.49. The molecule has 4 heteroatoms. The van der Waals surface area contributed by atoms with Gasteiger partial charge >= 0.3 is 0 Å². The molecule has 0 aromatic heterocycles. The Balaban J connectivity index is 3.17. The summed E-state index contributed by atoms with van der Waals surface area (Å²) < 4.78 is 4.88. The van der Waals surface area contributed by atoms with Gasteiger partial charge in [-0.1, -0.05) is 24.6 Å². The highest BCUT2D eigenvalue weighted by Crippen LogP contribution is 2.39. The van der Waals surface area contributed by atoms with Gasteiger partial charge in [0, 0.05) is 5.56 Å². The largest absolute Gasteiger partial charge is 0.503 e. The van der Waals surface area contributed by atoms with Crippen molar-refractivity contribution in [2.75, 3.05) is 7.11 Å². The molecule has 1 aromatic rings. The standard InChI is InChI=1S/C10H13ClO3/c1-3-7(12)6-4-5-8(14-2)10(13)9(6)11/h4-5,7,12-13H,3H2,1-2H3. The first-order valence-corrected chi connectivity index (χ1v) is 4.73. The van der Waals surface area contributed by atoms with Crippen molar-refractivity contribution in [2.45, 2.75) is 19.4 Å². The summed E-state index contributed by atoms with van der Waals surface area (Å²) in [4.78, 5) is 0. The molecular formula is C10H13ClO3. The summed E-state index contributed by atoms with van der Waals surface area (Å²) in [5.74, 6) is 0.182. The van der Waals surface area contributed by atoms with Gasteiger partial charge in [-0.15, -0.1) is 0 Å². The molecule has 0 aliphatic carbocycles. The lowest BCUT2D eigenvalue weighted by molar-refractivity contribution is 0.173. The van der Waals surface area contributed by atoms with Gasteiger partial charge in [-0.3, -0.25) is 0 Å². The zero-order valence-electron chi connectivity index (χ0n) is 8.12. The van der Waals surface area contributed by atoms with E-state index in [1.807, 2.05) is 6.92 Å². The number of aromatic hydroxyl groups is 1. The molecule has 0 aliphatic rings. The quantitative estimate of drug-likeness (QED) is 0.816. The van der Waals surface area contributed by atoms with Crippen molar-refractivity contribution >= 4 is 11.6 Å². The Morgan fingerprint density at radius 3 is 2.64 bits per heavy atom. The van der Waals surface area contributed by atoms with Crippen LogP contribution in [0.5, 0.6) is 11.5 Å². The first-order valence-electron chi connectivity index (χ1n) is 4.35. The van der Waals surface area contributed by atoms with Crippen LogP contribution in [0.1, 0.15) is 25.0 Å². The number of rotatable bonds is 3. The Morgan fingerprint density at radius 1 is 1.50 bits per heavy atom. The van der Waals surface area contributed by atoms with E-state index in [2.05, 4.69) is 0 Å². The summed E-state index contributed by atoms with van der Waals surface area (Å²) in [6.45, 7) is 1.84. The average molecular weight is 217 g/mol. The Labute approximate surface area is 87.9 Å². The third kappa shape index (κ3) is 1.94. The van der Waals surface area contributed by atoms with E-state index in [1.54, 1.807) is 12.1 Å². The van der Waals surface area contributed by atoms with Gasteiger partial charge in [0.1, 0.15) is 0 Å². The summed E-state index contributed by atoms with van der Waals surface area (Å²) in [7, 11) is 1.45. The molecule has 2 N–H and O–H groups in total. The normalized spacial score (nSPS) is 12.6. The Morgan fingerprint density at radius 2 is 2.14 bits per heavy atom. The van der Waals surface area contributed by atoms with Crippen LogP contribution in [0.4, 0.5) is 0 Å². The molecule has 78 valence electrons. The van der Waals surface area contributed by atoms with E-state index in [1.165, 1.54) is 7.11 Å². The SMILES string of the molecule is CCC(O)c1ccc(OC)c(O)c1Cl. The molecule has 0 radical (unpaired) electrons. The van der Waals surface area contributed by atoms with Crippen LogP contribution >= 0.6 is 11.6 Å². The van der Waals surface area contributed by atoms with Crippen molar-refractivity contribution in [3.63, 3.8) is 0 Å². The van der Waals surface area contributed by atoms with Crippen molar-refractivity contribution in [2.24, 2.45) is 0 Å². The van der Waals surface area contributed by atoms with Gasteiger partial charge in [-0.25, -0.2) is 0 Å². The topological polar surface area (TPSA) is 49.7 Å². The van der Waals surface area contributed by atoms with Gasteiger partial charge < -0.3 is 14.9 Å². The molecule has 0 bridgehead atoms. The molecule has 0 saturated heterocycles. The van der Waals surface area contributed by atoms with Crippen molar-refractivity contribution in [3.8, 4) is 11.5 Å². The van der Waals surface area contributed by atoms with Gasteiger partial charge in [-0.2, -0.15) is 0 Å². The molecule has 0 fully saturated rings. The zero-order valence-corrected chi connectivity index (χ0v) is 8.88. The van der Waals surface area contributed by atoms with Gasteiger partial charge in [0.2, 0.25) is 0 Å². The van der Waals surface area contributed by atoms with Crippen LogP contribution in [-0.4, -0.2) is 17.3 Å². The molecule has 0 spiro atoms. The van der Waals surface area contributed by atoms with Gasteiger partial charge in [0.15, 0.2) is 11.5 Å². The summed E-state index contributed by atoms with van der Waals surface area (Å²) >= 11 is 5.86. The Bertz CT molecular complexity index is 325. The van der Waals surface area contributed by atoms with E-state index in [0.29, 0.717) is 17.7 Å². The molecule has 0 amide bonds. The van der Waals surface area contributed by atoms with Crippen LogP contribution in [0.3, 0.4) is 0 Å². The van der Waals surface area contributed by atoms with Crippen LogP contribution in [-0.2, 0) is 0 Å². The molecule has 0 heterocycles. The second-order valence-electron chi connectivity index (χ2n) is 2.94. The molecule has 14 heavy (non-hydrogen) atoms. The number of ether oxygens (including phenoxy) is 1. The van der Waals surface area contributed by atoms with E-state index in [4.69, 9.17) is 16.3 Å². The molecule has 1 unspecified atom stereocenters. The third-order valence-electron chi connectivity index (χ3n) is 2.07. The number of phenols is 1. The van der Waals surface area contributed by atoms with E-state index in [9.17, 15) is 10.2 Å². The van der Waals surface area contributed by atoms with Crippen LogP contribution in [0, 0.1) is 0 Å². The maximum Gasteiger partial charge on any atom is 0.177 e. The van der Waals surface area contributed by atoms with E-state index < -0.39 is 6.10 Å². The van der Waals surface area contributed by atoms with Gasteiger partial charge in [-0.05, 0) is 12.5 Å². The van der Waals surface area contributed by atoms with Crippen molar-refractivity contribution in [1.29, 1.82) is 0 Å². The van der Waals surface area contributed by atoms with Crippen LogP contribution < -0.4 is 4.74 Å². The first-order chi connectivity index (χ1) is 6.61. The molecule has 1 rings (SSSR count). The predicted octanol–water partition coefficient (Wildman–Crippen LogP) is 2.50. The minimum absolute atomic E-state index is 0.126. The second kappa shape index (κ2) is 4.53. The van der Waals surface area contributed by atoms with E-state index in [0.717, 1.165) is 0 Å². The van der Waals surface area contributed by atoms with E-state index in [-0.39, 0.29) is 10.8 Å². The minimum Gasteiger partial charge on any atom is -0.503 e. The van der Waals surface area contributed by atoms with Crippen molar-refractivity contribution < 1.29 is 14.9 Å². The molecular weight excluding hydrogens is 204 g/mol. The summed E-state index contributed by atoms with van der Waals surface area (Å²) in [5.41, 5.74) is 0.521. The lowest BCUT2D eigenvalue weighted by atomic mass is 10.1. The molecule has 0 aliphatic heterocycles. The van der Waals surface area contributed by atoms with Gasteiger partial charge in [0.05, 0.1) is 18.2 Å². The summed E-state index contributed by atoms with van der Waals surface area (Å²) in [6.07, 6.45) is -0.106. The highest BCUT2D eigenvalue weighted by Gasteiger charge is 2.15. The number of hydrogen-bond acceptors (Lipinski definition) is 3. The molecule has 3 nitrogen and oxygen atoms in total. The molecule has 1 aromatic carbocycles. The minimum atomic E-state index is -0.653. The number of hydrogen-bond donors (Lipinski definition) is 2. The number of benzene rings is 1. The van der Waals surface area contributed by atoms with Crippen LogP contribution in [0.15, 0.2) is 12.1 Å². The fraction of sp³-hybridized carbons (Fsp3) is 0.400. The Hall–Kier alpha value is -0.930. The van der Waals surface area contributed by atoms with Crippen molar-refractivity contribution in [3.05, 3.63) is 22.7 Å². The monoisotopic (exact) mass is 216 g/mol. The zero-order chi connectivity index (χ0) is 10.7. The number of halogens is 1. The Kier molecular flexibility index (Phi) is 3.61. The van der Waals surface area contributed by atoms with E-state index >= 15 is 0 Å². The van der Waals surface area contributed by atoms with Gasteiger partial charge in [0.25, 0.3) is 0 Å². The van der Waals surface area contributed by atoms with Crippen LogP contribution in [0.2, 0.25) is 5.02 Å². The number of aliphatic hydroxyl groups excluding tert-OH is 1. The predicted molar refractivity (Wildman–Crippen MR) is 54.9 cm³/mol. The lowest BCUT2D eigenvalue weighted by Gasteiger charge is -2.13. The second-order valence-corrected chi connectivity index (χ2v) is 3.32. The third-order valence-corrected chi connectivity index (χ3v) is 2.47. The fourth-order valence-electron chi connectivity index (χ4n) is 1.20. The summed E-state index contributed by atoms with van der Waals surface area (Å²) in [5, 5.41) is 19.3. The number of aliphatic hydroxyl groups is 1. The lowest BCUT2D eigenvalue weighted by Crippen LogP contribution is -1.97. The number of methoxy groups -OCH3 is 1. The van der Waals surface area contributed by atoms with Crippen LogP contribution in [0.25, 0.3) is 0 Å². The first kappa shape index (κ1) is 11.1. The highest BCUT2D eigenvalue weighted by molar-refractivity contribution is 6.33. The molecule has 0 saturated carbocycles.